The summed E-state index contributed by atoms with van der Waals surface area (Å²) >= 11 is 0. The van der Waals surface area contributed by atoms with Crippen LogP contribution in [0.25, 0.3) is 0 Å². The van der Waals surface area contributed by atoms with E-state index >= 15 is 0 Å². The van der Waals surface area contributed by atoms with Gasteiger partial charge in [0.25, 0.3) is 0 Å². The molecular weight excluding hydrogens is 158 g/mol. The predicted octanol–water partition coefficient (Wildman–Crippen LogP) is 0.187. The Bertz CT molecular complexity index is 131. The van der Waals surface area contributed by atoms with Crippen LogP contribution in [0, 0.1) is 5.92 Å². The Balaban J connectivity index is 2.39. The Hall–Kier alpha value is -0.160. The van der Waals surface area contributed by atoms with E-state index in [9.17, 15) is 0 Å². The number of rotatable bonds is 4. The van der Waals surface area contributed by atoms with Crippen LogP contribution in [0.2, 0.25) is 0 Å². The number of methoxy groups -OCH3 is 2. The molecule has 0 aromatic carbocycles. The summed E-state index contributed by atoms with van der Waals surface area (Å²) in [6, 6.07) is 0. The lowest BCUT2D eigenvalue weighted by molar-refractivity contribution is -0.192. The number of nitrogens with one attached hydrogen (secondary N) is 1. The first-order valence-electron chi connectivity index (χ1n) is 4.17. The normalized spacial score (nSPS) is 35.8. The minimum absolute atomic E-state index is 0.103. The standard InChI is InChI=1S/C8H17NO3/c1-9-5-6-4-7(10-2)12-8(6)11-3/h6-9H,4-5H2,1-3H3. The van der Waals surface area contributed by atoms with Gasteiger partial charge in [-0.1, -0.05) is 0 Å². The molecule has 0 aliphatic carbocycles. The zero-order valence-corrected chi connectivity index (χ0v) is 7.87. The van der Waals surface area contributed by atoms with Crippen molar-refractivity contribution >= 4 is 0 Å². The molecule has 1 aliphatic rings. The van der Waals surface area contributed by atoms with Crippen molar-refractivity contribution in [2.45, 2.75) is 19.0 Å². The molecule has 72 valence electrons. The van der Waals surface area contributed by atoms with Crippen LogP contribution in [-0.4, -0.2) is 40.4 Å². The topological polar surface area (TPSA) is 39.7 Å². The van der Waals surface area contributed by atoms with Crippen molar-refractivity contribution in [2.24, 2.45) is 5.92 Å². The van der Waals surface area contributed by atoms with Crippen LogP contribution in [0.4, 0.5) is 0 Å². The zero-order valence-electron chi connectivity index (χ0n) is 7.87. The number of hydrogen-bond acceptors (Lipinski definition) is 4. The van der Waals surface area contributed by atoms with Crippen LogP contribution in [0.15, 0.2) is 0 Å². The van der Waals surface area contributed by atoms with Gasteiger partial charge in [0.05, 0.1) is 0 Å². The quantitative estimate of drug-likeness (QED) is 0.662. The maximum absolute atomic E-state index is 5.44. The maximum Gasteiger partial charge on any atom is 0.164 e. The fourth-order valence-electron chi connectivity index (χ4n) is 1.52. The second kappa shape index (κ2) is 4.77. The molecule has 1 fully saturated rings. The van der Waals surface area contributed by atoms with Gasteiger partial charge in [-0.05, 0) is 7.05 Å². The van der Waals surface area contributed by atoms with Gasteiger partial charge in [0.15, 0.2) is 12.6 Å². The molecule has 12 heavy (non-hydrogen) atoms. The molecule has 1 saturated heterocycles. The van der Waals surface area contributed by atoms with Gasteiger partial charge < -0.3 is 19.5 Å². The molecule has 0 amide bonds. The average Bonchev–Trinajstić information content (AvgIpc) is 2.48. The Morgan fingerprint density at radius 2 is 2.17 bits per heavy atom. The van der Waals surface area contributed by atoms with E-state index in [0.717, 1.165) is 13.0 Å². The minimum Gasteiger partial charge on any atom is -0.356 e. The highest BCUT2D eigenvalue weighted by Crippen LogP contribution is 2.26. The van der Waals surface area contributed by atoms with Gasteiger partial charge in [0.2, 0.25) is 0 Å². The van der Waals surface area contributed by atoms with Gasteiger partial charge in [-0.2, -0.15) is 0 Å². The number of ether oxygens (including phenoxy) is 3. The molecule has 1 aliphatic heterocycles. The van der Waals surface area contributed by atoms with Crippen LogP contribution >= 0.6 is 0 Å². The monoisotopic (exact) mass is 175 g/mol. The molecule has 0 radical (unpaired) electrons. The predicted molar refractivity (Wildman–Crippen MR) is 44.7 cm³/mol. The lowest BCUT2D eigenvalue weighted by atomic mass is 10.1. The van der Waals surface area contributed by atoms with E-state index in [0.29, 0.717) is 5.92 Å². The lowest BCUT2D eigenvalue weighted by Crippen LogP contribution is -2.27. The summed E-state index contributed by atoms with van der Waals surface area (Å²) in [7, 11) is 5.23. The van der Waals surface area contributed by atoms with E-state index in [-0.39, 0.29) is 12.6 Å². The second-order valence-corrected chi connectivity index (χ2v) is 2.96. The summed E-state index contributed by atoms with van der Waals surface area (Å²) in [5.74, 6) is 0.393. The molecule has 4 heteroatoms. The third kappa shape index (κ3) is 2.17. The van der Waals surface area contributed by atoms with Crippen LogP contribution in [0.3, 0.4) is 0 Å². The summed E-state index contributed by atoms with van der Waals surface area (Å²) in [6.07, 6.45) is 0.672. The van der Waals surface area contributed by atoms with Crippen molar-refractivity contribution in [3.63, 3.8) is 0 Å². The fourth-order valence-corrected chi connectivity index (χ4v) is 1.52. The Labute approximate surface area is 73.2 Å². The Morgan fingerprint density at radius 3 is 2.67 bits per heavy atom. The zero-order chi connectivity index (χ0) is 8.97. The summed E-state index contributed by atoms with van der Waals surface area (Å²) in [5.41, 5.74) is 0. The maximum atomic E-state index is 5.44. The van der Waals surface area contributed by atoms with E-state index in [1.807, 2.05) is 7.05 Å². The van der Waals surface area contributed by atoms with Gasteiger partial charge in [-0.15, -0.1) is 0 Å². The summed E-state index contributed by atoms with van der Waals surface area (Å²) in [5, 5.41) is 3.10. The molecule has 3 atom stereocenters. The van der Waals surface area contributed by atoms with Crippen molar-refractivity contribution < 1.29 is 14.2 Å². The van der Waals surface area contributed by atoms with Gasteiger partial charge in [-0.3, -0.25) is 0 Å². The van der Waals surface area contributed by atoms with E-state index in [1.165, 1.54) is 0 Å². The van der Waals surface area contributed by atoms with E-state index in [4.69, 9.17) is 14.2 Å². The van der Waals surface area contributed by atoms with Crippen LogP contribution < -0.4 is 5.32 Å². The van der Waals surface area contributed by atoms with Gasteiger partial charge in [-0.25, -0.2) is 0 Å². The van der Waals surface area contributed by atoms with Crippen LogP contribution in [0.1, 0.15) is 6.42 Å². The molecule has 1 N–H and O–H groups in total. The molecule has 1 rings (SSSR count). The molecule has 0 bridgehead atoms. The highest BCUT2D eigenvalue weighted by atomic mass is 16.8. The average molecular weight is 175 g/mol. The van der Waals surface area contributed by atoms with Crippen molar-refractivity contribution in [1.29, 1.82) is 0 Å². The molecule has 3 unspecified atom stereocenters. The van der Waals surface area contributed by atoms with E-state index < -0.39 is 0 Å². The smallest absolute Gasteiger partial charge is 0.164 e. The summed E-state index contributed by atoms with van der Waals surface area (Å²) < 4.78 is 15.7. The van der Waals surface area contributed by atoms with Crippen molar-refractivity contribution in [1.82, 2.24) is 5.32 Å². The van der Waals surface area contributed by atoms with Crippen molar-refractivity contribution in [3.05, 3.63) is 0 Å². The summed E-state index contributed by atoms with van der Waals surface area (Å²) in [4.78, 5) is 0. The molecule has 0 spiro atoms. The van der Waals surface area contributed by atoms with Gasteiger partial charge in [0.1, 0.15) is 0 Å². The summed E-state index contributed by atoms with van der Waals surface area (Å²) in [6.45, 7) is 0.901. The molecular formula is C8H17NO3. The molecule has 0 aromatic heterocycles. The lowest BCUT2D eigenvalue weighted by Gasteiger charge is -2.15. The van der Waals surface area contributed by atoms with E-state index in [1.54, 1.807) is 14.2 Å². The Kier molecular flexibility index (Phi) is 3.94. The van der Waals surface area contributed by atoms with E-state index in [2.05, 4.69) is 5.32 Å². The first-order valence-corrected chi connectivity index (χ1v) is 4.17. The van der Waals surface area contributed by atoms with Gasteiger partial charge >= 0.3 is 0 Å². The molecule has 0 saturated carbocycles. The SMILES string of the molecule is CNCC1CC(OC)OC1OC. The molecule has 1 heterocycles. The first kappa shape index (κ1) is 9.92. The van der Waals surface area contributed by atoms with Crippen molar-refractivity contribution in [3.8, 4) is 0 Å². The number of hydrogen-bond donors (Lipinski definition) is 1. The Morgan fingerprint density at radius 1 is 1.42 bits per heavy atom. The first-order chi connectivity index (χ1) is 5.81. The highest BCUT2D eigenvalue weighted by molar-refractivity contribution is 4.73. The third-order valence-electron chi connectivity index (χ3n) is 2.13. The largest absolute Gasteiger partial charge is 0.356 e. The third-order valence-corrected chi connectivity index (χ3v) is 2.13. The second-order valence-electron chi connectivity index (χ2n) is 2.96. The minimum atomic E-state index is -0.123. The van der Waals surface area contributed by atoms with Crippen molar-refractivity contribution in [2.75, 3.05) is 27.8 Å². The fraction of sp³-hybridized carbons (Fsp3) is 1.00. The van der Waals surface area contributed by atoms with Gasteiger partial charge in [0, 0.05) is 33.1 Å². The van der Waals surface area contributed by atoms with Crippen LogP contribution in [0.5, 0.6) is 0 Å². The van der Waals surface area contributed by atoms with Crippen LogP contribution in [-0.2, 0) is 14.2 Å². The highest BCUT2D eigenvalue weighted by Gasteiger charge is 2.34. The molecule has 4 nitrogen and oxygen atoms in total. The molecule has 0 aromatic rings.